The Balaban J connectivity index is 2.41. The van der Waals surface area contributed by atoms with E-state index in [1.54, 1.807) is 14.0 Å². The largest absolute Gasteiger partial charge is 0.384 e. The second-order valence-electron chi connectivity index (χ2n) is 7.19. The van der Waals surface area contributed by atoms with E-state index in [1.807, 2.05) is 0 Å². The van der Waals surface area contributed by atoms with Gasteiger partial charge in [-0.15, -0.1) is 0 Å². The first-order chi connectivity index (χ1) is 9.29. The molecule has 1 aliphatic carbocycles. The molecule has 4 nitrogen and oxygen atoms in total. The first-order valence-electron chi connectivity index (χ1n) is 7.80. The number of nitrogens with one attached hydrogen (secondary N) is 2. The van der Waals surface area contributed by atoms with E-state index in [4.69, 9.17) is 4.74 Å². The van der Waals surface area contributed by atoms with Crippen LogP contribution in [0, 0.1) is 5.41 Å². The number of carbonyl (C=O) groups excluding carboxylic acids is 1. The zero-order valence-electron chi connectivity index (χ0n) is 13.8. The third-order valence-corrected chi connectivity index (χ3v) is 4.27. The van der Waals surface area contributed by atoms with E-state index in [2.05, 4.69) is 31.4 Å². The fourth-order valence-corrected chi connectivity index (χ4v) is 3.56. The Morgan fingerprint density at radius 3 is 2.45 bits per heavy atom. The van der Waals surface area contributed by atoms with Gasteiger partial charge in [0.25, 0.3) is 0 Å². The predicted octanol–water partition coefficient (Wildman–Crippen LogP) is 2.48. The average Bonchev–Trinajstić information content (AvgIpc) is 2.73. The van der Waals surface area contributed by atoms with Crippen molar-refractivity contribution in [1.29, 1.82) is 0 Å². The number of hydrogen-bond donors (Lipinski definition) is 2. The van der Waals surface area contributed by atoms with E-state index in [0.717, 1.165) is 19.6 Å². The van der Waals surface area contributed by atoms with E-state index < -0.39 is 0 Å². The number of methoxy groups -OCH3 is 1. The molecule has 0 spiro atoms. The molecule has 0 heterocycles. The lowest BCUT2D eigenvalue weighted by Crippen LogP contribution is -2.48. The van der Waals surface area contributed by atoms with Crippen LogP contribution in [-0.2, 0) is 9.53 Å². The lowest BCUT2D eigenvalue weighted by molar-refractivity contribution is -0.120. The van der Waals surface area contributed by atoms with Crippen LogP contribution in [0.15, 0.2) is 0 Å². The molecule has 4 heteroatoms. The minimum Gasteiger partial charge on any atom is -0.384 e. The number of hydrogen-bond acceptors (Lipinski definition) is 3. The highest BCUT2D eigenvalue weighted by molar-refractivity contribution is 5.73. The van der Waals surface area contributed by atoms with Crippen molar-refractivity contribution in [2.45, 2.75) is 71.4 Å². The molecule has 2 N–H and O–H groups in total. The Labute approximate surface area is 124 Å². The molecule has 118 valence electrons. The van der Waals surface area contributed by atoms with Crippen LogP contribution in [0.5, 0.6) is 0 Å². The molecule has 0 radical (unpaired) electrons. The van der Waals surface area contributed by atoms with Gasteiger partial charge in [0.05, 0.1) is 6.61 Å². The van der Waals surface area contributed by atoms with Gasteiger partial charge in [0.1, 0.15) is 0 Å². The molecule has 0 aromatic heterocycles. The van der Waals surface area contributed by atoms with Gasteiger partial charge in [0.2, 0.25) is 5.91 Å². The summed E-state index contributed by atoms with van der Waals surface area (Å²) >= 11 is 0. The standard InChI is InChI=1S/C16H32N2O2/c1-13(10-15(3,4)18-14(2)19)17-11-16(12-20-5)8-6-7-9-16/h13,17H,6-12H2,1-5H3,(H,18,19). The Bertz CT molecular complexity index is 310. The molecule has 1 unspecified atom stereocenters. The van der Waals surface area contributed by atoms with Gasteiger partial charge in [-0.25, -0.2) is 0 Å². The average molecular weight is 284 g/mol. The monoisotopic (exact) mass is 284 g/mol. The maximum Gasteiger partial charge on any atom is 0.217 e. The molecule has 0 saturated heterocycles. The highest BCUT2D eigenvalue weighted by Gasteiger charge is 2.34. The van der Waals surface area contributed by atoms with Crippen molar-refractivity contribution in [2.75, 3.05) is 20.3 Å². The van der Waals surface area contributed by atoms with Gasteiger partial charge in [-0.05, 0) is 40.0 Å². The Morgan fingerprint density at radius 1 is 1.35 bits per heavy atom. The van der Waals surface area contributed by atoms with Crippen molar-refractivity contribution in [2.24, 2.45) is 5.41 Å². The molecule has 1 saturated carbocycles. The molecular weight excluding hydrogens is 252 g/mol. The maximum atomic E-state index is 11.2. The van der Waals surface area contributed by atoms with Gasteiger partial charge >= 0.3 is 0 Å². The van der Waals surface area contributed by atoms with E-state index in [-0.39, 0.29) is 11.4 Å². The molecule has 0 aliphatic heterocycles. The first-order valence-corrected chi connectivity index (χ1v) is 7.80. The highest BCUT2D eigenvalue weighted by Crippen LogP contribution is 2.37. The summed E-state index contributed by atoms with van der Waals surface area (Å²) in [5, 5.41) is 6.66. The van der Waals surface area contributed by atoms with Crippen LogP contribution in [-0.4, -0.2) is 37.7 Å². The fraction of sp³-hybridized carbons (Fsp3) is 0.938. The van der Waals surface area contributed by atoms with Crippen LogP contribution in [0.1, 0.15) is 59.8 Å². The number of rotatable bonds is 8. The summed E-state index contributed by atoms with van der Waals surface area (Å²) < 4.78 is 5.42. The van der Waals surface area contributed by atoms with Gasteiger partial charge < -0.3 is 15.4 Å². The van der Waals surface area contributed by atoms with Crippen LogP contribution in [0.2, 0.25) is 0 Å². The van der Waals surface area contributed by atoms with E-state index >= 15 is 0 Å². The Kier molecular flexibility index (Phi) is 6.46. The van der Waals surface area contributed by atoms with E-state index in [1.165, 1.54) is 25.7 Å². The van der Waals surface area contributed by atoms with Crippen LogP contribution in [0.25, 0.3) is 0 Å². The van der Waals surface area contributed by atoms with Gasteiger partial charge in [0, 0.05) is 37.6 Å². The highest BCUT2D eigenvalue weighted by atomic mass is 16.5. The third kappa shape index (κ3) is 5.80. The molecule has 0 aromatic rings. The van der Waals surface area contributed by atoms with Crippen molar-refractivity contribution in [3.8, 4) is 0 Å². The molecule has 1 amide bonds. The summed E-state index contributed by atoms with van der Waals surface area (Å²) in [4.78, 5) is 11.2. The lowest BCUT2D eigenvalue weighted by Gasteiger charge is -2.33. The van der Waals surface area contributed by atoms with Gasteiger partial charge in [-0.1, -0.05) is 12.8 Å². The molecule has 1 rings (SSSR count). The SMILES string of the molecule is COCC1(CNC(C)CC(C)(C)NC(C)=O)CCCC1. The van der Waals surface area contributed by atoms with Crippen LogP contribution < -0.4 is 10.6 Å². The smallest absolute Gasteiger partial charge is 0.217 e. The van der Waals surface area contributed by atoms with E-state index in [0.29, 0.717) is 11.5 Å². The maximum absolute atomic E-state index is 11.2. The minimum atomic E-state index is -0.164. The molecule has 1 fully saturated rings. The molecule has 1 aliphatic rings. The molecule has 1 atom stereocenters. The topological polar surface area (TPSA) is 50.4 Å². The minimum absolute atomic E-state index is 0.0360. The Hall–Kier alpha value is -0.610. The van der Waals surface area contributed by atoms with Crippen LogP contribution in [0.3, 0.4) is 0 Å². The number of ether oxygens (including phenoxy) is 1. The Morgan fingerprint density at radius 2 is 1.95 bits per heavy atom. The van der Waals surface area contributed by atoms with Crippen molar-refractivity contribution in [3.63, 3.8) is 0 Å². The fourth-order valence-electron chi connectivity index (χ4n) is 3.56. The third-order valence-electron chi connectivity index (χ3n) is 4.27. The summed E-state index contributed by atoms with van der Waals surface area (Å²) in [6.07, 6.45) is 6.08. The molecule has 0 bridgehead atoms. The van der Waals surface area contributed by atoms with Crippen LogP contribution in [0.4, 0.5) is 0 Å². The summed E-state index contributed by atoms with van der Waals surface area (Å²) in [7, 11) is 1.80. The zero-order valence-corrected chi connectivity index (χ0v) is 13.8. The molecule has 20 heavy (non-hydrogen) atoms. The van der Waals surface area contributed by atoms with Crippen LogP contribution >= 0.6 is 0 Å². The van der Waals surface area contributed by atoms with Crippen molar-refractivity contribution < 1.29 is 9.53 Å². The van der Waals surface area contributed by atoms with Gasteiger partial charge in [0.15, 0.2) is 0 Å². The lowest BCUT2D eigenvalue weighted by atomic mass is 9.86. The summed E-state index contributed by atoms with van der Waals surface area (Å²) in [6.45, 7) is 9.78. The van der Waals surface area contributed by atoms with Gasteiger partial charge in [-0.3, -0.25) is 4.79 Å². The van der Waals surface area contributed by atoms with Crippen molar-refractivity contribution in [3.05, 3.63) is 0 Å². The first kappa shape index (κ1) is 17.4. The molecular formula is C16H32N2O2. The molecule has 0 aromatic carbocycles. The second kappa shape index (κ2) is 7.41. The van der Waals surface area contributed by atoms with E-state index in [9.17, 15) is 4.79 Å². The quantitative estimate of drug-likeness (QED) is 0.720. The second-order valence-corrected chi connectivity index (χ2v) is 7.19. The zero-order chi connectivity index (χ0) is 15.2. The number of carbonyl (C=O) groups is 1. The van der Waals surface area contributed by atoms with Gasteiger partial charge in [-0.2, -0.15) is 0 Å². The normalized spacial score (nSPS) is 19.9. The predicted molar refractivity (Wildman–Crippen MR) is 82.8 cm³/mol. The number of amides is 1. The summed E-state index contributed by atoms with van der Waals surface area (Å²) in [5.74, 6) is 0.0360. The summed E-state index contributed by atoms with van der Waals surface area (Å²) in [6, 6.07) is 0.381. The summed E-state index contributed by atoms with van der Waals surface area (Å²) in [5.41, 5.74) is 0.156. The van der Waals surface area contributed by atoms with Crippen molar-refractivity contribution >= 4 is 5.91 Å². The van der Waals surface area contributed by atoms with Crippen molar-refractivity contribution in [1.82, 2.24) is 10.6 Å².